The lowest BCUT2D eigenvalue weighted by atomic mass is 10.0. The third-order valence-electron chi connectivity index (χ3n) is 3.18. The van der Waals surface area contributed by atoms with Crippen molar-refractivity contribution in [1.82, 2.24) is 4.90 Å². The number of carboxylic acid groups (broad SMARTS) is 1. The Labute approximate surface area is 84.4 Å². The van der Waals surface area contributed by atoms with E-state index >= 15 is 0 Å². The number of rotatable bonds is 1. The molecule has 2 bridgehead atoms. The number of nitrogens with zero attached hydrogens (tertiary/aromatic N) is 1. The highest BCUT2D eigenvalue weighted by atomic mass is 32.2. The first-order valence-corrected chi connectivity index (χ1v) is 5.82. The van der Waals surface area contributed by atoms with Gasteiger partial charge in [0.15, 0.2) is 0 Å². The molecule has 3 atom stereocenters. The van der Waals surface area contributed by atoms with Crippen LogP contribution < -0.4 is 0 Å². The molecule has 0 aromatic heterocycles. The normalized spacial score (nSPS) is 38.4. The molecule has 80 valence electrons. The summed E-state index contributed by atoms with van der Waals surface area (Å²) in [5, 5.41) is 8.57. The van der Waals surface area contributed by atoms with Gasteiger partial charge in [-0.3, -0.25) is 4.21 Å². The molecule has 2 saturated heterocycles. The molecule has 0 aromatic rings. The van der Waals surface area contributed by atoms with Crippen molar-refractivity contribution in [2.45, 2.75) is 43.0 Å². The molecule has 0 radical (unpaired) electrons. The van der Waals surface area contributed by atoms with Crippen LogP contribution in [0.2, 0.25) is 0 Å². The van der Waals surface area contributed by atoms with Gasteiger partial charge in [-0.1, -0.05) is 11.1 Å². The summed E-state index contributed by atoms with van der Waals surface area (Å²) in [5.41, 5.74) is 0. The second kappa shape index (κ2) is 3.51. The van der Waals surface area contributed by atoms with E-state index in [2.05, 4.69) is 0 Å². The van der Waals surface area contributed by atoms with Crippen molar-refractivity contribution in [3.8, 4) is 0 Å². The number of hydrogen-bond acceptors (Lipinski definition) is 3. The van der Waals surface area contributed by atoms with Crippen molar-refractivity contribution in [3.05, 3.63) is 0 Å². The van der Waals surface area contributed by atoms with E-state index in [0.717, 1.165) is 12.8 Å². The van der Waals surface area contributed by atoms with Crippen molar-refractivity contribution < 1.29 is 18.7 Å². The first-order valence-electron chi connectivity index (χ1n) is 4.69. The fourth-order valence-corrected chi connectivity index (χ4v) is 3.36. The molecule has 1 amide bonds. The molecule has 14 heavy (non-hydrogen) atoms. The first-order chi connectivity index (χ1) is 6.59. The molecule has 0 aliphatic carbocycles. The molecule has 2 aliphatic rings. The number of carbonyl (C=O) groups is 1. The zero-order valence-corrected chi connectivity index (χ0v) is 8.40. The van der Waals surface area contributed by atoms with Crippen molar-refractivity contribution in [1.29, 1.82) is 0 Å². The summed E-state index contributed by atoms with van der Waals surface area (Å²) in [6.45, 7) is 0. The Morgan fingerprint density at radius 2 is 1.86 bits per heavy atom. The van der Waals surface area contributed by atoms with Crippen molar-refractivity contribution in [2.24, 2.45) is 0 Å². The Hall–Kier alpha value is -0.620. The van der Waals surface area contributed by atoms with Gasteiger partial charge in [-0.05, 0) is 25.7 Å². The smallest absolute Gasteiger partial charge is 0.407 e. The molecule has 2 fully saturated rings. The van der Waals surface area contributed by atoms with Crippen LogP contribution in [0.1, 0.15) is 25.7 Å². The molecule has 0 saturated carbocycles. The monoisotopic (exact) mass is 218 g/mol. The van der Waals surface area contributed by atoms with Crippen molar-refractivity contribution in [3.63, 3.8) is 0 Å². The van der Waals surface area contributed by atoms with Gasteiger partial charge in [0.05, 0.1) is 0 Å². The summed E-state index contributed by atoms with van der Waals surface area (Å²) < 4.78 is 21.6. The lowest BCUT2D eigenvalue weighted by Gasteiger charge is -2.37. The molecule has 0 aromatic carbocycles. The van der Waals surface area contributed by atoms with Gasteiger partial charge in [0, 0.05) is 17.3 Å². The average Bonchev–Trinajstić information content (AvgIpc) is 2.37. The minimum Gasteiger partial charge on any atom is -0.772 e. The van der Waals surface area contributed by atoms with E-state index in [-0.39, 0.29) is 17.3 Å². The van der Waals surface area contributed by atoms with Gasteiger partial charge in [0.1, 0.15) is 0 Å². The standard InChI is InChI=1S/C8H13NO4S/c10-8(11)9-5-1-2-6(9)4-7(3-5)14(12)13/h5-7H,1-4H2,(H,10,11)(H,12,13)/p-1. The van der Waals surface area contributed by atoms with E-state index in [1.54, 1.807) is 0 Å². The van der Waals surface area contributed by atoms with Crippen LogP contribution in [0.5, 0.6) is 0 Å². The van der Waals surface area contributed by atoms with E-state index in [1.165, 1.54) is 4.90 Å². The lowest BCUT2D eigenvalue weighted by molar-refractivity contribution is 0.103. The zero-order valence-electron chi connectivity index (χ0n) is 7.59. The second-order valence-corrected chi connectivity index (χ2v) is 5.12. The molecular weight excluding hydrogens is 206 g/mol. The average molecular weight is 218 g/mol. The Balaban J connectivity index is 2.12. The summed E-state index contributed by atoms with van der Waals surface area (Å²) >= 11 is -2.05. The fourth-order valence-electron chi connectivity index (χ4n) is 2.60. The molecular formula is C8H12NO4S-. The molecule has 2 heterocycles. The van der Waals surface area contributed by atoms with E-state index in [1.807, 2.05) is 0 Å². The predicted octanol–water partition coefficient (Wildman–Crippen LogP) is 0.539. The third-order valence-corrected chi connectivity index (χ3v) is 4.11. The maximum atomic E-state index is 10.9. The van der Waals surface area contributed by atoms with Crippen molar-refractivity contribution >= 4 is 17.2 Å². The summed E-state index contributed by atoms with van der Waals surface area (Å²) in [4.78, 5) is 12.3. The van der Waals surface area contributed by atoms with Crippen LogP contribution in [0.15, 0.2) is 0 Å². The topological polar surface area (TPSA) is 80.7 Å². The van der Waals surface area contributed by atoms with Crippen LogP contribution in [-0.2, 0) is 11.1 Å². The van der Waals surface area contributed by atoms with E-state index in [0.29, 0.717) is 12.8 Å². The van der Waals surface area contributed by atoms with Gasteiger partial charge in [0.2, 0.25) is 0 Å². The van der Waals surface area contributed by atoms with E-state index in [4.69, 9.17) is 5.11 Å². The molecule has 6 heteroatoms. The summed E-state index contributed by atoms with van der Waals surface area (Å²) in [6, 6.07) is -0.150. The second-order valence-electron chi connectivity index (χ2n) is 3.93. The number of fused-ring (bicyclic) bond motifs is 2. The molecule has 2 rings (SSSR count). The van der Waals surface area contributed by atoms with Gasteiger partial charge in [0.25, 0.3) is 0 Å². The maximum Gasteiger partial charge on any atom is 0.407 e. The Kier molecular flexibility index (Phi) is 2.48. The van der Waals surface area contributed by atoms with E-state index in [9.17, 15) is 13.6 Å². The van der Waals surface area contributed by atoms with Gasteiger partial charge in [-0.2, -0.15) is 0 Å². The molecule has 1 N–H and O–H groups in total. The van der Waals surface area contributed by atoms with Crippen LogP contribution in [0.3, 0.4) is 0 Å². The van der Waals surface area contributed by atoms with Crippen LogP contribution in [0, 0.1) is 0 Å². The largest absolute Gasteiger partial charge is 0.772 e. The van der Waals surface area contributed by atoms with Crippen molar-refractivity contribution in [2.75, 3.05) is 0 Å². The molecule has 3 unspecified atom stereocenters. The first kappa shape index (κ1) is 9.92. The van der Waals surface area contributed by atoms with Gasteiger partial charge in [-0.25, -0.2) is 4.79 Å². The van der Waals surface area contributed by atoms with Crippen LogP contribution in [-0.4, -0.2) is 42.2 Å². The fraction of sp³-hybridized carbons (Fsp3) is 0.875. The van der Waals surface area contributed by atoms with Gasteiger partial charge in [-0.15, -0.1) is 0 Å². The van der Waals surface area contributed by atoms with Gasteiger partial charge >= 0.3 is 6.09 Å². The summed E-state index contributed by atoms with van der Waals surface area (Å²) in [5.74, 6) is 0. The molecule has 5 nitrogen and oxygen atoms in total. The highest BCUT2D eigenvalue weighted by Crippen LogP contribution is 2.37. The minimum atomic E-state index is -2.05. The maximum absolute atomic E-state index is 10.9. The number of amides is 1. The summed E-state index contributed by atoms with van der Waals surface area (Å²) in [6.07, 6.45) is 1.65. The molecule has 0 spiro atoms. The highest BCUT2D eigenvalue weighted by molar-refractivity contribution is 7.79. The quantitative estimate of drug-likeness (QED) is 0.651. The SMILES string of the molecule is O=C(O)N1C2CCC1CC(S(=O)[O-])C2. The Morgan fingerprint density at radius 3 is 2.21 bits per heavy atom. The lowest BCUT2D eigenvalue weighted by Crippen LogP contribution is -2.48. The Bertz CT molecular complexity index is 269. The molecule has 2 aliphatic heterocycles. The third kappa shape index (κ3) is 1.52. The van der Waals surface area contributed by atoms with Crippen LogP contribution >= 0.6 is 0 Å². The highest BCUT2D eigenvalue weighted by Gasteiger charge is 2.43. The van der Waals surface area contributed by atoms with Gasteiger partial charge < -0.3 is 14.6 Å². The minimum absolute atomic E-state index is 0.0749. The number of piperidine rings is 1. The Morgan fingerprint density at radius 1 is 1.36 bits per heavy atom. The zero-order chi connectivity index (χ0) is 10.3. The number of hydrogen-bond donors (Lipinski definition) is 1. The van der Waals surface area contributed by atoms with E-state index < -0.39 is 17.2 Å². The summed E-state index contributed by atoms with van der Waals surface area (Å²) in [7, 11) is 0. The van der Waals surface area contributed by atoms with Crippen LogP contribution in [0.4, 0.5) is 4.79 Å². The predicted molar refractivity (Wildman–Crippen MR) is 48.6 cm³/mol. The van der Waals surface area contributed by atoms with Crippen LogP contribution in [0.25, 0.3) is 0 Å².